The van der Waals surface area contributed by atoms with Crippen LogP contribution in [0.25, 0.3) is 10.8 Å². The number of benzene rings is 3. The quantitative estimate of drug-likeness (QED) is 0.239. The molecule has 1 aliphatic heterocycles. The lowest BCUT2D eigenvalue weighted by Crippen LogP contribution is -2.65. The molecule has 0 saturated carbocycles. The summed E-state index contributed by atoms with van der Waals surface area (Å²) in [5.74, 6) is -12.6. The van der Waals surface area contributed by atoms with Crippen LogP contribution in [0.5, 0.6) is 0 Å². The van der Waals surface area contributed by atoms with Gasteiger partial charge in [-0.3, -0.25) is 9.59 Å². The number of carbonyl (C=O) groups is 2. The van der Waals surface area contributed by atoms with E-state index in [1.165, 1.54) is 42.5 Å². The molecule has 0 bridgehead atoms. The lowest BCUT2D eigenvalue weighted by atomic mass is 9.79. The SMILES string of the molecule is CS(=O)(=O)OC1(O)O[C@H](C(O)C(=O)c2ccccc2)[C@](O)(C(=O)c2ccc3ccccc3c2)C1(F)F. The van der Waals surface area contributed by atoms with Crippen LogP contribution in [0.15, 0.2) is 72.8 Å². The Balaban J connectivity index is 1.86. The Hall–Kier alpha value is -3.13. The number of Topliss-reactive ketones (excluding diaryl/α,β-unsaturated/α-hetero) is 2. The molecule has 0 spiro atoms. The number of aliphatic hydroxyl groups excluding tert-OH is 1. The zero-order chi connectivity index (χ0) is 26.5. The summed E-state index contributed by atoms with van der Waals surface area (Å²) in [6, 6.07) is 17.0. The van der Waals surface area contributed by atoms with Crippen LogP contribution in [0.3, 0.4) is 0 Å². The van der Waals surface area contributed by atoms with Gasteiger partial charge in [-0.2, -0.15) is 17.2 Å². The second-order valence-corrected chi connectivity index (χ2v) is 9.89. The topological polar surface area (TPSA) is 147 Å². The molecule has 9 nitrogen and oxygen atoms in total. The van der Waals surface area contributed by atoms with E-state index in [0.717, 1.165) is 6.07 Å². The Morgan fingerprint density at radius 3 is 2.14 bits per heavy atom. The van der Waals surface area contributed by atoms with Gasteiger partial charge in [-0.05, 0) is 16.8 Å². The second-order valence-electron chi connectivity index (χ2n) is 8.31. The van der Waals surface area contributed by atoms with Crippen LogP contribution in [0.1, 0.15) is 20.7 Å². The summed E-state index contributed by atoms with van der Waals surface area (Å²) in [5, 5.41) is 33.4. The van der Waals surface area contributed by atoms with Crippen LogP contribution >= 0.6 is 0 Å². The van der Waals surface area contributed by atoms with Crippen LogP contribution in [0.2, 0.25) is 0 Å². The number of hydrogen-bond acceptors (Lipinski definition) is 9. The summed E-state index contributed by atoms with van der Waals surface area (Å²) < 4.78 is 63.2. The maximum Gasteiger partial charge on any atom is 0.366 e. The molecular formula is C24H20F2O9S. The smallest absolute Gasteiger partial charge is 0.366 e. The number of alkyl halides is 2. The molecule has 1 heterocycles. The van der Waals surface area contributed by atoms with Crippen molar-refractivity contribution in [1.82, 2.24) is 0 Å². The molecule has 0 radical (unpaired) electrons. The predicted molar refractivity (Wildman–Crippen MR) is 121 cm³/mol. The van der Waals surface area contributed by atoms with Gasteiger partial charge < -0.3 is 20.1 Å². The zero-order valence-corrected chi connectivity index (χ0v) is 19.4. The summed E-state index contributed by atoms with van der Waals surface area (Å²) in [5.41, 5.74) is -4.83. The van der Waals surface area contributed by atoms with Crippen LogP contribution in [0, 0.1) is 0 Å². The minimum absolute atomic E-state index is 0.197. The first-order chi connectivity index (χ1) is 16.7. The number of fused-ring (bicyclic) bond motifs is 1. The number of rotatable bonds is 7. The van der Waals surface area contributed by atoms with Crippen molar-refractivity contribution in [1.29, 1.82) is 0 Å². The van der Waals surface area contributed by atoms with Crippen molar-refractivity contribution >= 4 is 32.5 Å². The van der Waals surface area contributed by atoms with Gasteiger partial charge in [-0.25, -0.2) is 4.18 Å². The van der Waals surface area contributed by atoms with Crippen LogP contribution in [-0.2, 0) is 19.0 Å². The van der Waals surface area contributed by atoms with Gasteiger partial charge in [0.15, 0.2) is 5.78 Å². The molecule has 190 valence electrons. The van der Waals surface area contributed by atoms with E-state index in [9.17, 15) is 33.3 Å². The van der Waals surface area contributed by atoms with Gasteiger partial charge in [0.05, 0.1) is 6.26 Å². The molecule has 0 aromatic heterocycles. The molecule has 2 unspecified atom stereocenters. The fraction of sp³-hybridized carbons (Fsp3) is 0.250. The standard InChI is InChI=1S/C24H20F2O9S/c1-36(32,33)35-24(31)23(25,26)22(30,20(29)17-12-11-14-7-5-6-10-16(14)13-17)21(34-24)19(28)18(27)15-8-3-2-4-9-15/h2-13,19,21,28,30-31H,1H3/t19?,21-,22-,24?/m1/s1. The first-order valence-electron chi connectivity index (χ1n) is 10.4. The van der Waals surface area contributed by atoms with Crippen molar-refractivity contribution in [3.8, 4) is 0 Å². The van der Waals surface area contributed by atoms with E-state index in [-0.39, 0.29) is 5.56 Å². The Morgan fingerprint density at radius 1 is 0.944 bits per heavy atom. The van der Waals surface area contributed by atoms with E-state index in [1.54, 1.807) is 24.3 Å². The summed E-state index contributed by atoms with van der Waals surface area (Å²) in [4.78, 5) is 26.2. The Labute approximate surface area is 203 Å². The van der Waals surface area contributed by atoms with Crippen molar-refractivity contribution in [3.05, 3.63) is 83.9 Å². The van der Waals surface area contributed by atoms with Gasteiger partial charge in [-0.15, -0.1) is 0 Å². The molecule has 3 aromatic rings. The van der Waals surface area contributed by atoms with Gasteiger partial charge in [0.25, 0.3) is 10.1 Å². The highest BCUT2D eigenvalue weighted by molar-refractivity contribution is 7.86. The van der Waals surface area contributed by atoms with Crippen molar-refractivity contribution in [3.63, 3.8) is 0 Å². The van der Waals surface area contributed by atoms with E-state index in [1.807, 2.05) is 0 Å². The number of ketones is 2. The third-order valence-electron chi connectivity index (χ3n) is 5.81. The molecule has 0 amide bonds. The van der Waals surface area contributed by atoms with Gasteiger partial charge >= 0.3 is 11.9 Å². The predicted octanol–water partition coefficient (Wildman–Crippen LogP) is 1.65. The number of carbonyl (C=O) groups excluding carboxylic acids is 2. The van der Waals surface area contributed by atoms with Crippen LogP contribution in [-0.4, -0.2) is 71.3 Å². The second kappa shape index (κ2) is 8.76. The number of ether oxygens (including phenoxy) is 1. The maximum atomic E-state index is 15.6. The summed E-state index contributed by atoms with van der Waals surface area (Å²) in [6.07, 6.45) is -5.18. The molecule has 3 N–H and O–H groups in total. The number of halogens is 2. The average Bonchev–Trinajstić information content (AvgIpc) is 2.99. The lowest BCUT2D eigenvalue weighted by Gasteiger charge is -2.33. The van der Waals surface area contributed by atoms with E-state index in [2.05, 4.69) is 8.92 Å². The largest absolute Gasteiger partial charge is 0.382 e. The first-order valence-corrected chi connectivity index (χ1v) is 12.2. The Bertz CT molecular complexity index is 1440. The third kappa shape index (κ3) is 4.11. The van der Waals surface area contributed by atoms with Crippen molar-refractivity contribution < 1.29 is 51.0 Å². The zero-order valence-electron chi connectivity index (χ0n) is 18.5. The normalized spacial score (nSPS) is 26.6. The van der Waals surface area contributed by atoms with E-state index < -0.39 is 57.0 Å². The lowest BCUT2D eigenvalue weighted by molar-refractivity contribution is -0.383. The summed E-state index contributed by atoms with van der Waals surface area (Å²) in [6.45, 7) is 0. The monoisotopic (exact) mass is 522 g/mol. The molecule has 4 atom stereocenters. The molecule has 0 aliphatic carbocycles. The molecule has 12 heteroatoms. The highest BCUT2D eigenvalue weighted by Crippen LogP contribution is 2.53. The van der Waals surface area contributed by atoms with Gasteiger partial charge in [0.1, 0.15) is 12.2 Å². The van der Waals surface area contributed by atoms with Crippen LogP contribution < -0.4 is 0 Å². The van der Waals surface area contributed by atoms with Crippen molar-refractivity contribution in [2.24, 2.45) is 0 Å². The van der Waals surface area contributed by atoms with Crippen molar-refractivity contribution in [2.75, 3.05) is 6.26 Å². The molecular weight excluding hydrogens is 502 g/mol. The average molecular weight is 522 g/mol. The Morgan fingerprint density at radius 2 is 1.53 bits per heavy atom. The molecule has 1 saturated heterocycles. The summed E-state index contributed by atoms with van der Waals surface area (Å²) >= 11 is 0. The van der Waals surface area contributed by atoms with E-state index >= 15 is 8.78 Å². The molecule has 1 fully saturated rings. The van der Waals surface area contributed by atoms with Gasteiger partial charge in [-0.1, -0.05) is 66.7 Å². The van der Waals surface area contributed by atoms with E-state index in [4.69, 9.17) is 0 Å². The molecule has 1 aliphatic rings. The maximum absolute atomic E-state index is 15.6. The van der Waals surface area contributed by atoms with Crippen LogP contribution in [0.4, 0.5) is 8.78 Å². The highest BCUT2D eigenvalue weighted by Gasteiger charge is 2.83. The molecule has 36 heavy (non-hydrogen) atoms. The van der Waals surface area contributed by atoms with Gasteiger partial charge in [0, 0.05) is 11.1 Å². The van der Waals surface area contributed by atoms with Gasteiger partial charge in [0.2, 0.25) is 11.4 Å². The minimum atomic E-state index is -5.19. The molecule has 4 rings (SSSR count). The minimum Gasteiger partial charge on any atom is -0.382 e. The highest BCUT2D eigenvalue weighted by atomic mass is 32.2. The number of hydrogen-bond donors (Lipinski definition) is 3. The molecule has 3 aromatic carbocycles. The fourth-order valence-corrected chi connectivity index (χ4v) is 4.61. The number of aliphatic hydroxyl groups is 3. The first kappa shape index (κ1) is 25.9. The van der Waals surface area contributed by atoms with Crippen molar-refractivity contribution in [2.45, 2.75) is 29.7 Å². The Kier molecular flexibility index (Phi) is 6.32. The van der Waals surface area contributed by atoms with E-state index in [0.29, 0.717) is 17.0 Å². The fourth-order valence-electron chi connectivity index (χ4n) is 4.05. The third-order valence-corrected chi connectivity index (χ3v) is 6.34. The summed E-state index contributed by atoms with van der Waals surface area (Å²) in [7, 11) is -4.87.